The zero-order chi connectivity index (χ0) is 15.3. The lowest BCUT2D eigenvalue weighted by Gasteiger charge is -2.38. The number of hydrogen-bond donors (Lipinski definition) is 2. The summed E-state index contributed by atoms with van der Waals surface area (Å²) < 4.78 is 5.15. The first-order chi connectivity index (χ1) is 10.0. The van der Waals surface area contributed by atoms with Crippen LogP contribution in [-0.2, 0) is 4.79 Å². The Labute approximate surface area is 126 Å². The SMILES string of the molecule is COc1cccc(NC(=O)CN2CCC(C)(CN)CC2)c1. The molecule has 0 aromatic heterocycles. The second-order valence-electron chi connectivity index (χ2n) is 6.07. The number of benzene rings is 1. The fraction of sp³-hybridized carbons (Fsp3) is 0.562. The molecule has 0 bridgehead atoms. The number of hydrogen-bond acceptors (Lipinski definition) is 4. The van der Waals surface area contributed by atoms with Gasteiger partial charge in [-0.25, -0.2) is 0 Å². The van der Waals surface area contributed by atoms with E-state index in [1.165, 1.54) is 0 Å². The molecule has 0 spiro atoms. The van der Waals surface area contributed by atoms with Crippen molar-refractivity contribution in [2.24, 2.45) is 11.1 Å². The topological polar surface area (TPSA) is 67.6 Å². The van der Waals surface area contributed by atoms with Gasteiger partial charge in [-0.05, 0) is 50.0 Å². The van der Waals surface area contributed by atoms with Crippen LogP contribution in [-0.4, -0.2) is 44.1 Å². The van der Waals surface area contributed by atoms with E-state index in [0.29, 0.717) is 6.54 Å². The van der Waals surface area contributed by atoms with Gasteiger partial charge in [0.15, 0.2) is 0 Å². The summed E-state index contributed by atoms with van der Waals surface area (Å²) >= 11 is 0. The lowest BCUT2D eigenvalue weighted by Crippen LogP contribution is -2.44. The smallest absolute Gasteiger partial charge is 0.238 e. The molecule has 1 aromatic carbocycles. The average molecular weight is 291 g/mol. The van der Waals surface area contributed by atoms with Crippen molar-refractivity contribution in [3.8, 4) is 5.75 Å². The third-order valence-electron chi connectivity index (χ3n) is 4.28. The molecule has 0 unspecified atom stereocenters. The van der Waals surface area contributed by atoms with Crippen molar-refractivity contribution in [1.82, 2.24) is 4.90 Å². The van der Waals surface area contributed by atoms with Crippen molar-refractivity contribution in [1.29, 1.82) is 0 Å². The van der Waals surface area contributed by atoms with E-state index in [1.54, 1.807) is 7.11 Å². The highest BCUT2D eigenvalue weighted by molar-refractivity contribution is 5.92. The Morgan fingerprint density at radius 3 is 2.76 bits per heavy atom. The summed E-state index contributed by atoms with van der Waals surface area (Å²) in [6, 6.07) is 7.40. The lowest BCUT2D eigenvalue weighted by atomic mass is 9.80. The number of rotatable bonds is 5. The van der Waals surface area contributed by atoms with Gasteiger partial charge in [-0.2, -0.15) is 0 Å². The number of carbonyl (C=O) groups is 1. The molecule has 1 aromatic rings. The van der Waals surface area contributed by atoms with Crippen molar-refractivity contribution >= 4 is 11.6 Å². The van der Waals surface area contributed by atoms with Gasteiger partial charge in [-0.15, -0.1) is 0 Å². The van der Waals surface area contributed by atoms with Crippen molar-refractivity contribution in [3.63, 3.8) is 0 Å². The molecule has 2 rings (SSSR count). The third-order valence-corrected chi connectivity index (χ3v) is 4.28. The minimum atomic E-state index is 0.0135. The van der Waals surface area contributed by atoms with Gasteiger partial charge in [-0.1, -0.05) is 13.0 Å². The Morgan fingerprint density at radius 1 is 1.43 bits per heavy atom. The van der Waals surface area contributed by atoms with Gasteiger partial charge in [0.25, 0.3) is 0 Å². The number of anilines is 1. The lowest BCUT2D eigenvalue weighted by molar-refractivity contribution is -0.117. The first-order valence-electron chi connectivity index (χ1n) is 7.41. The second-order valence-corrected chi connectivity index (χ2v) is 6.07. The molecule has 1 amide bonds. The van der Waals surface area contributed by atoms with E-state index in [4.69, 9.17) is 10.5 Å². The van der Waals surface area contributed by atoms with E-state index >= 15 is 0 Å². The molecule has 1 heterocycles. The van der Waals surface area contributed by atoms with Crippen LogP contribution in [0, 0.1) is 5.41 Å². The van der Waals surface area contributed by atoms with Crippen LogP contribution >= 0.6 is 0 Å². The van der Waals surface area contributed by atoms with E-state index < -0.39 is 0 Å². The molecule has 0 saturated carbocycles. The number of piperidine rings is 1. The quantitative estimate of drug-likeness (QED) is 0.866. The molecule has 1 aliphatic heterocycles. The van der Waals surface area contributed by atoms with Crippen LogP contribution in [0.3, 0.4) is 0 Å². The van der Waals surface area contributed by atoms with Gasteiger partial charge in [-0.3, -0.25) is 9.69 Å². The minimum absolute atomic E-state index is 0.0135. The summed E-state index contributed by atoms with van der Waals surface area (Å²) in [6.45, 7) is 5.23. The molecule has 21 heavy (non-hydrogen) atoms. The van der Waals surface area contributed by atoms with Gasteiger partial charge in [0, 0.05) is 11.8 Å². The van der Waals surface area contributed by atoms with Crippen molar-refractivity contribution in [3.05, 3.63) is 24.3 Å². The first kappa shape index (κ1) is 15.8. The highest BCUT2D eigenvalue weighted by Gasteiger charge is 2.29. The maximum atomic E-state index is 12.1. The van der Waals surface area contributed by atoms with Gasteiger partial charge in [0.2, 0.25) is 5.91 Å². The normalized spacial score (nSPS) is 18.2. The number of likely N-dealkylation sites (tertiary alicyclic amines) is 1. The average Bonchev–Trinajstić information content (AvgIpc) is 2.50. The minimum Gasteiger partial charge on any atom is -0.497 e. The van der Waals surface area contributed by atoms with Gasteiger partial charge in [0.05, 0.1) is 13.7 Å². The van der Waals surface area contributed by atoms with Crippen molar-refractivity contribution in [2.45, 2.75) is 19.8 Å². The number of ether oxygens (including phenoxy) is 1. The Bertz CT molecular complexity index is 482. The Hall–Kier alpha value is -1.59. The highest BCUT2D eigenvalue weighted by Crippen LogP contribution is 2.29. The first-order valence-corrected chi connectivity index (χ1v) is 7.41. The molecule has 1 saturated heterocycles. The Balaban J connectivity index is 1.82. The fourth-order valence-corrected chi connectivity index (χ4v) is 2.56. The molecule has 0 aliphatic carbocycles. The summed E-state index contributed by atoms with van der Waals surface area (Å²) in [7, 11) is 1.61. The summed E-state index contributed by atoms with van der Waals surface area (Å²) in [5.41, 5.74) is 6.81. The van der Waals surface area contributed by atoms with E-state index in [0.717, 1.165) is 43.9 Å². The molecule has 3 N–H and O–H groups in total. The predicted octanol–water partition coefficient (Wildman–Crippen LogP) is 1.69. The van der Waals surface area contributed by atoms with Crippen LogP contribution in [0.25, 0.3) is 0 Å². The molecule has 5 heteroatoms. The highest BCUT2D eigenvalue weighted by atomic mass is 16.5. The molecule has 116 valence electrons. The van der Waals surface area contributed by atoms with Crippen LogP contribution in [0.15, 0.2) is 24.3 Å². The zero-order valence-corrected chi connectivity index (χ0v) is 12.9. The summed E-state index contributed by atoms with van der Waals surface area (Å²) in [5.74, 6) is 0.754. The zero-order valence-electron chi connectivity index (χ0n) is 12.9. The largest absolute Gasteiger partial charge is 0.497 e. The van der Waals surface area contributed by atoms with E-state index in [-0.39, 0.29) is 11.3 Å². The molecule has 0 atom stereocenters. The number of amides is 1. The number of nitrogens with two attached hydrogens (primary N) is 1. The fourth-order valence-electron chi connectivity index (χ4n) is 2.56. The summed E-state index contributed by atoms with van der Waals surface area (Å²) in [4.78, 5) is 14.3. The maximum absolute atomic E-state index is 12.1. The van der Waals surface area contributed by atoms with E-state index in [9.17, 15) is 4.79 Å². The second kappa shape index (κ2) is 6.91. The molecule has 1 fully saturated rings. The third kappa shape index (κ3) is 4.44. The Morgan fingerprint density at radius 2 is 2.14 bits per heavy atom. The number of nitrogens with zero attached hydrogens (tertiary/aromatic N) is 1. The van der Waals surface area contributed by atoms with Crippen molar-refractivity contribution < 1.29 is 9.53 Å². The monoisotopic (exact) mass is 291 g/mol. The van der Waals surface area contributed by atoms with E-state index in [2.05, 4.69) is 17.1 Å². The van der Waals surface area contributed by atoms with Gasteiger partial charge < -0.3 is 15.8 Å². The molecule has 1 aliphatic rings. The summed E-state index contributed by atoms with van der Waals surface area (Å²) in [5, 5.41) is 2.91. The Kier molecular flexibility index (Phi) is 5.20. The molecular weight excluding hydrogens is 266 g/mol. The number of methoxy groups -OCH3 is 1. The van der Waals surface area contributed by atoms with Crippen LogP contribution in [0.2, 0.25) is 0 Å². The summed E-state index contributed by atoms with van der Waals surface area (Å²) in [6.07, 6.45) is 2.10. The van der Waals surface area contributed by atoms with Gasteiger partial charge in [0.1, 0.15) is 5.75 Å². The molecule has 0 radical (unpaired) electrons. The van der Waals surface area contributed by atoms with Gasteiger partial charge >= 0.3 is 0 Å². The standard InChI is InChI=1S/C16H25N3O2/c1-16(12-17)6-8-19(9-7-16)11-15(20)18-13-4-3-5-14(10-13)21-2/h3-5,10H,6-9,11-12,17H2,1-2H3,(H,18,20). The number of carbonyl (C=O) groups excluding carboxylic acids is 1. The van der Waals surface area contributed by atoms with Crippen LogP contribution in [0.4, 0.5) is 5.69 Å². The van der Waals surface area contributed by atoms with Crippen LogP contribution in [0.5, 0.6) is 5.75 Å². The van der Waals surface area contributed by atoms with Crippen molar-refractivity contribution in [2.75, 3.05) is 38.6 Å². The molecular formula is C16H25N3O2. The maximum Gasteiger partial charge on any atom is 0.238 e. The molecule has 5 nitrogen and oxygen atoms in total. The van der Waals surface area contributed by atoms with E-state index in [1.807, 2.05) is 24.3 Å². The predicted molar refractivity (Wildman–Crippen MR) is 84.5 cm³/mol. The van der Waals surface area contributed by atoms with Crippen LogP contribution in [0.1, 0.15) is 19.8 Å². The number of nitrogens with one attached hydrogen (secondary N) is 1. The van der Waals surface area contributed by atoms with Crippen LogP contribution < -0.4 is 15.8 Å².